The third-order valence-electron chi connectivity index (χ3n) is 2.68. The summed E-state index contributed by atoms with van der Waals surface area (Å²) in [5, 5.41) is 21.0. The number of nitrogens with one attached hydrogen (secondary N) is 1. The van der Waals surface area contributed by atoms with E-state index in [0.29, 0.717) is 11.0 Å². The molecule has 0 saturated carbocycles. The van der Waals surface area contributed by atoms with Gasteiger partial charge in [0.05, 0.1) is 13.2 Å². The summed E-state index contributed by atoms with van der Waals surface area (Å²) in [6, 6.07) is 1.46. The van der Waals surface area contributed by atoms with E-state index in [1.165, 1.54) is 12.3 Å². The lowest BCUT2D eigenvalue weighted by Crippen LogP contribution is -2.36. The van der Waals surface area contributed by atoms with Crippen LogP contribution in [-0.2, 0) is 10.0 Å². The lowest BCUT2D eigenvalue weighted by Gasteiger charge is -2.22. The molecule has 0 atom stereocenters. The Morgan fingerprint density at radius 2 is 1.95 bits per heavy atom. The first-order valence-corrected chi connectivity index (χ1v) is 8.82. The Morgan fingerprint density at radius 1 is 1.33 bits per heavy atom. The van der Waals surface area contributed by atoms with Crippen LogP contribution >= 0.6 is 15.9 Å². The summed E-state index contributed by atoms with van der Waals surface area (Å²) < 4.78 is 26.9. The summed E-state index contributed by atoms with van der Waals surface area (Å²) in [6.07, 6.45) is 2.34. The summed E-state index contributed by atoms with van der Waals surface area (Å²) in [7, 11) is -3.85. The average Bonchev–Trinajstić information content (AvgIpc) is 2.45. The van der Waals surface area contributed by atoms with E-state index < -0.39 is 10.0 Å². The molecule has 1 aromatic rings. The third-order valence-corrected chi connectivity index (χ3v) is 5.02. The summed E-state index contributed by atoms with van der Waals surface area (Å²) in [5.74, 6) is 0.265. The van der Waals surface area contributed by atoms with Gasteiger partial charge in [-0.1, -0.05) is 6.92 Å². The number of hydrogen-bond acceptors (Lipinski definition) is 6. The molecule has 1 aromatic heterocycles. The van der Waals surface area contributed by atoms with Gasteiger partial charge in [0.2, 0.25) is 10.0 Å². The lowest BCUT2D eigenvalue weighted by molar-refractivity contribution is 0.217. The molecule has 1 rings (SSSR count). The summed E-state index contributed by atoms with van der Waals surface area (Å²) >= 11 is 3.21. The second-order valence-electron chi connectivity index (χ2n) is 4.28. The molecule has 1 heterocycles. The maximum absolute atomic E-state index is 12.7. The van der Waals surface area contributed by atoms with Gasteiger partial charge in [0.1, 0.15) is 10.7 Å². The van der Waals surface area contributed by atoms with Crippen molar-refractivity contribution in [3.8, 4) is 0 Å². The second kappa shape index (κ2) is 8.64. The van der Waals surface area contributed by atoms with Crippen molar-refractivity contribution in [2.45, 2.75) is 18.2 Å². The van der Waals surface area contributed by atoms with Crippen LogP contribution in [0.1, 0.15) is 13.3 Å². The molecule has 7 nitrogen and oxygen atoms in total. The normalized spacial score (nSPS) is 11.9. The third kappa shape index (κ3) is 4.89. The molecule has 0 saturated heterocycles. The highest BCUT2D eigenvalue weighted by molar-refractivity contribution is 9.10. The Balaban J connectivity index is 3.23. The number of rotatable bonds is 9. The zero-order chi connectivity index (χ0) is 15.9. The molecule has 0 radical (unpaired) electrons. The Morgan fingerprint density at radius 3 is 2.48 bits per heavy atom. The maximum Gasteiger partial charge on any atom is 0.246 e. The molecule has 3 N–H and O–H groups in total. The van der Waals surface area contributed by atoms with Gasteiger partial charge >= 0.3 is 0 Å². The van der Waals surface area contributed by atoms with E-state index in [0.717, 1.165) is 10.7 Å². The van der Waals surface area contributed by atoms with Crippen LogP contribution in [0.4, 0.5) is 5.82 Å². The van der Waals surface area contributed by atoms with Gasteiger partial charge in [-0.15, -0.1) is 0 Å². The number of hydrogen-bond donors (Lipinski definition) is 3. The van der Waals surface area contributed by atoms with Gasteiger partial charge in [-0.25, -0.2) is 13.4 Å². The van der Waals surface area contributed by atoms with Crippen molar-refractivity contribution < 1.29 is 18.6 Å². The zero-order valence-corrected chi connectivity index (χ0v) is 14.2. The van der Waals surface area contributed by atoms with Crippen LogP contribution in [0.5, 0.6) is 0 Å². The summed E-state index contributed by atoms with van der Waals surface area (Å²) in [4.78, 5) is 4.12. The molecular formula is C12H20BrN3O4S. The summed E-state index contributed by atoms with van der Waals surface area (Å²) in [5.41, 5.74) is 0. The molecule has 21 heavy (non-hydrogen) atoms. The number of aliphatic hydroxyl groups is 2. The van der Waals surface area contributed by atoms with Crippen molar-refractivity contribution in [3.63, 3.8) is 0 Å². The van der Waals surface area contributed by atoms with E-state index in [2.05, 4.69) is 26.2 Å². The molecule has 0 aliphatic carbocycles. The van der Waals surface area contributed by atoms with E-state index >= 15 is 0 Å². The van der Waals surface area contributed by atoms with Gasteiger partial charge in [0, 0.05) is 30.3 Å². The van der Waals surface area contributed by atoms with Crippen molar-refractivity contribution >= 4 is 31.8 Å². The van der Waals surface area contributed by atoms with E-state index in [4.69, 9.17) is 10.2 Å². The van der Waals surface area contributed by atoms with Crippen molar-refractivity contribution in [2.75, 3.05) is 38.2 Å². The lowest BCUT2D eigenvalue weighted by atomic mass is 10.4. The number of pyridine rings is 1. The fourth-order valence-electron chi connectivity index (χ4n) is 1.71. The number of aliphatic hydroxyl groups excluding tert-OH is 2. The minimum Gasteiger partial charge on any atom is -0.395 e. The van der Waals surface area contributed by atoms with E-state index in [-0.39, 0.29) is 37.0 Å². The molecule has 120 valence electrons. The Bertz CT molecular complexity index is 547. The molecule has 0 fully saturated rings. The predicted octanol–water partition coefficient (Wildman–Crippen LogP) is 0.641. The van der Waals surface area contributed by atoms with Gasteiger partial charge in [-0.3, -0.25) is 0 Å². The van der Waals surface area contributed by atoms with Gasteiger partial charge in [-0.05, 0) is 28.4 Å². The second-order valence-corrected chi connectivity index (χ2v) is 7.10. The number of aromatic nitrogens is 1. The Hall–Kier alpha value is -0.740. The number of anilines is 1. The highest BCUT2D eigenvalue weighted by atomic mass is 79.9. The minimum atomic E-state index is -3.85. The summed E-state index contributed by atoms with van der Waals surface area (Å²) in [6.45, 7) is 1.75. The van der Waals surface area contributed by atoms with Crippen LogP contribution < -0.4 is 5.32 Å². The Kier molecular flexibility index (Phi) is 7.53. The zero-order valence-electron chi connectivity index (χ0n) is 11.8. The SMILES string of the molecule is CCCNc1ncc(Br)cc1S(=O)(=O)N(CCO)CCO. The monoisotopic (exact) mass is 381 g/mol. The molecular weight excluding hydrogens is 362 g/mol. The van der Waals surface area contributed by atoms with Crippen LogP contribution in [0.2, 0.25) is 0 Å². The first-order chi connectivity index (χ1) is 9.97. The molecule has 0 unspecified atom stereocenters. The standard InChI is InChI=1S/C12H20BrN3O4S/c1-2-3-14-12-11(8-10(13)9-15-12)21(19,20)16(4-6-17)5-7-18/h8-9,17-18H,2-7H2,1H3,(H,14,15). The highest BCUT2D eigenvalue weighted by Crippen LogP contribution is 2.26. The molecule has 0 aliphatic heterocycles. The number of halogens is 1. The maximum atomic E-state index is 12.7. The van der Waals surface area contributed by atoms with E-state index in [1.807, 2.05) is 6.92 Å². The van der Waals surface area contributed by atoms with Crippen LogP contribution in [-0.4, -0.2) is 60.8 Å². The largest absolute Gasteiger partial charge is 0.395 e. The molecule has 0 aromatic carbocycles. The number of nitrogens with zero attached hydrogens (tertiary/aromatic N) is 2. The van der Waals surface area contributed by atoms with Crippen molar-refractivity contribution in [1.29, 1.82) is 0 Å². The predicted molar refractivity (Wildman–Crippen MR) is 83.6 cm³/mol. The van der Waals surface area contributed by atoms with Gasteiger partial charge < -0.3 is 15.5 Å². The average molecular weight is 382 g/mol. The molecule has 0 bridgehead atoms. The molecule has 0 aliphatic rings. The van der Waals surface area contributed by atoms with Crippen LogP contribution in [0.25, 0.3) is 0 Å². The van der Waals surface area contributed by atoms with Crippen molar-refractivity contribution in [1.82, 2.24) is 9.29 Å². The van der Waals surface area contributed by atoms with Crippen LogP contribution in [0.3, 0.4) is 0 Å². The van der Waals surface area contributed by atoms with Gasteiger partial charge in [0.25, 0.3) is 0 Å². The fraction of sp³-hybridized carbons (Fsp3) is 0.583. The van der Waals surface area contributed by atoms with Crippen LogP contribution in [0, 0.1) is 0 Å². The fourth-order valence-corrected chi connectivity index (χ4v) is 3.76. The van der Waals surface area contributed by atoms with Crippen molar-refractivity contribution in [3.05, 3.63) is 16.7 Å². The van der Waals surface area contributed by atoms with Crippen molar-refractivity contribution in [2.24, 2.45) is 0 Å². The molecule has 0 spiro atoms. The molecule has 9 heteroatoms. The van der Waals surface area contributed by atoms with Gasteiger partial charge in [0.15, 0.2) is 0 Å². The van der Waals surface area contributed by atoms with Crippen LogP contribution in [0.15, 0.2) is 21.6 Å². The smallest absolute Gasteiger partial charge is 0.246 e. The van der Waals surface area contributed by atoms with E-state index in [1.54, 1.807) is 0 Å². The topological polar surface area (TPSA) is 103 Å². The first kappa shape index (κ1) is 18.3. The quantitative estimate of drug-likeness (QED) is 0.579. The number of sulfonamides is 1. The minimum absolute atomic E-state index is 0.0206. The van der Waals surface area contributed by atoms with Gasteiger partial charge in [-0.2, -0.15) is 4.31 Å². The van der Waals surface area contributed by atoms with E-state index in [9.17, 15) is 8.42 Å². The molecule has 0 amide bonds. The Labute approximate surface area is 133 Å². The highest BCUT2D eigenvalue weighted by Gasteiger charge is 2.27. The first-order valence-electron chi connectivity index (χ1n) is 6.58.